The van der Waals surface area contributed by atoms with Crippen molar-refractivity contribution in [2.45, 2.75) is 39.2 Å². The van der Waals surface area contributed by atoms with Gasteiger partial charge in [-0.25, -0.2) is 0 Å². The van der Waals surface area contributed by atoms with Crippen molar-refractivity contribution in [3.8, 4) is 5.75 Å². The molecule has 0 fully saturated rings. The molecule has 0 aliphatic carbocycles. The molecular weight excluding hydrogens is 285 g/mol. The number of hydrogen-bond donors (Lipinski definition) is 2. The van der Waals surface area contributed by atoms with E-state index in [1.165, 1.54) is 12.1 Å². The van der Waals surface area contributed by atoms with E-state index in [2.05, 4.69) is 15.4 Å². The van der Waals surface area contributed by atoms with Gasteiger partial charge in [0.15, 0.2) is 0 Å². The van der Waals surface area contributed by atoms with Crippen LogP contribution in [0.1, 0.15) is 25.8 Å². The second-order valence-corrected chi connectivity index (χ2v) is 4.84. The van der Waals surface area contributed by atoms with Crippen molar-refractivity contribution in [2.24, 2.45) is 0 Å². The Balaban J connectivity index is 2.28. The maximum absolute atomic E-state index is 12.0. The molecule has 0 saturated heterocycles. The van der Waals surface area contributed by atoms with E-state index in [0.29, 0.717) is 19.5 Å². The number of nitrogens with one attached hydrogen (secondary N) is 2. The molecule has 1 aromatic carbocycles. The van der Waals surface area contributed by atoms with Gasteiger partial charge in [-0.1, -0.05) is 12.1 Å². The van der Waals surface area contributed by atoms with Crippen molar-refractivity contribution < 1.29 is 22.7 Å². The maximum Gasteiger partial charge on any atom is 0.573 e. The van der Waals surface area contributed by atoms with Crippen LogP contribution in [0.3, 0.4) is 0 Å². The molecule has 1 aromatic rings. The summed E-state index contributed by atoms with van der Waals surface area (Å²) in [5.41, 5.74) is 0.814. The van der Waals surface area contributed by atoms with E-state index in [1.54, 1.807) is 12.1 Å². The lowest BCUT2D eigenvalue weighted by atomic mass is 10.2. The Morgan fingerprint density at radius 3 is 2.38 bits per heavy atom. The summed E-state index contributed by atoms with van der Waals surface area (Å²) in [6.07, 6.45) is -4.32. The van der Waals surface area contributed by atoms with Crippen LogP contribution >= 0.6 is 0 Å². The number of halogens is 3. The Kier molecular flexibility index (Phi) is 6.48. The van der Waals surface area contributed by atoms with Crippen LogP contribution in [0.2, 0.25) is 0 Å². The van der Waals surface area contributed by atoms with Gasteiger partial charge in [0.05, 0.1) is 0 Å². The molecule has 1 rings (SSSR count). The highest BCUT2D eigenvalue weighted by molar-refractivity contribution is 5.76. The molecule has 118 valence electrons. The molecule has 1 amide bonds. The highest BCUT2D eigenvalue weighted by atomic mass is 19.4. The first-order valence-electron chi connectivity index (χ1n) is 6.61. The SMILES string of the molecule is CC(C)NC(=O)CCNCc1ccc(OC(F)(F)F)cc1. The molecule has 21 heavy (non-hydrogen) atoms. The topological polar surface area (TPSA) is 50.4 Å². The molecule has 0 aliphatic heterocycles. The Morgan fingerprint density at radius 2 is 1.86 bits per heavy atom. The normalized spacial score (nSPS) is 11.5. The van der Waals surface area contributed by atoms with Gasteiger partial charge in [0.2, 0.25) is 5.91 Å². The first kappa shape index (κ1) is 17.3. The molecule has 0 heterocycles. The minimum absolute atomic E-state index is 0.0357. The Morgan fingerprint density at radius 1 is 1.24 bits per heavy atom. The van der Waals surface area contributed by atoms with Gasteiger partial charge in [-0.2, -0.15) is 0 Å². The van der Waals surface area contributed by atoms with E-state index in [4.69, 9.17) is 0 Å². The molecule has 0 aliphatic rings. The van der Waals surface area contributed by atoms with Gasteiger partial charge >= 0.3 is 6.36 Å². The van der Waals surface area contributed by atoms with Gasteiger partial charge in [0.25, 0.3) is 0 Å². The zero-order valence-electron chi connectivity index (χ0n) is 12.0. The van der Waals surface area contributed by atoms with E-state index in [9.17, 15) is 18.0 Å². The third-order valence-corrected chi connectivity index (χ3v) is 2.46. The van der Waals surface area contributed by atoms with Crippen LogP contribution in [0.5, 0.6) is 5.75 Å². The molecule has 0 bridgehead atoms. The van der Waals surface area contributed by atoms with Crippen LogP contribution in [0.25, 0.3) is 0 Å². The average molecular weight is 304 g/mol. The Bertz CT molecular complexity index is 445. The second-order valence-electron chi connectivity index (χ2n) is 4.84. The molecule has 0 saturated carbocycles. The fraction of sp³-hybridized carbons (Fsp3) is 0.500. The minimum atomic E-state index is -4.68. The Hall–Kier alpha value is -1.76. The minimum Gasteiger partial charge on any atom is -0.406 e. The van der Waals surface area contributed by atoms with Crippen LogP contribution in [0.4, 0.5) is 13.2 Å². The van der Waals surface area contributed by atoms with E-state index < -0.39 is 6.36 Å². The number of rotatable bonds is 7. The number of ether oxygens (including phenoxy) is 1. The average Bonchev–Trinajstić information content (AvgIpc) is 2.34. The number of benzene rings is 1. The molecule has 7 heteroatoms. The van der Waals surface area contributed by atoms with E-state index in [-0.39, 0.29) is 17.7 Å². The molecular formula is C14H19F3N2O2. The van der Waals surface area contributed by atoms with Crippen molar-refractivity contribution in [3.63, 3.8) is 0 Å². The monoisotopic (exact) mass is 304 g/mol. The van der Waals surface area contributed by atoms with Crippen molar-refractivity contribution in [1.82, 2.24) is 10.6 Å². The van der Waals surface area contributed by atoms with Crippen molar-refractivity contribution in [1.29, 1.82) is 0 Å². The third-order valence-electron chi connectivity index (χ3n) is 2.46. The lowest BCUT2D eigenvalue weighted by Crippen LogP contribution is -2.32. The van der Waals surface area contributed by atoms with Gasteiger partial charge in [0, 0.05) is 25.6 Å². The third kappa shape index (κ3) is 8.19. The quantitative estimate of drug-likeness (QED) is 0.761. The first-order chi connectivity index (χ1) is 9.76. The molecule has 0 unspecified atom stereocenters. The highest BCUT2D eigenvalue weighted by Crippen LogP contribution is 2.22. The van der Waals surface area contributed by atoms with Crippen LogP contribution in [0, 0.1) is 0 Å². The van der Waals surface area contributed by atoms with Crippen LogP contribution in [-0.4, -0.2) is 24.9 Å². The van der Waals surface area contributed by atoms with Gasteiger partial charge in [-0.3, -0.25) is 4.79 Å². The maximum atomic E-state index is 12.0. The predicted molar refractivity (Wildman–Crippen MR) is 72.7 cm³/mol. The second kappa shape index (κ2) is 7.87. The van der Waals surface area contributed by atoms with Crippen LogP contribution in [-0.2, 0) is 11.3 Å². The molecule has 0 spiro atoms. The summed E-state index contributed by atoms with van der Waals surface area (Å²) in [4.78, 5) is 11.4. The van der Waals surface area contributed by atoms with Crippen molar-refractivity contribution in [3.05, 3.63) is 29.8 Å². The molecule has 0 radical (unpaired) electrons. The largest absolute Gasteiger partial charge is 0.573 e. The fourth-order valence-electron chi connectivity index (χ4n) is 1.64. The smallest absolute Gasteiger partial charge is 0.406 e. The number of hydrogen-bond acceptors (Lipinski definition) is 3. The lowest BCUT2D eigenvalue weighted by Gasteiger charge is -2.10. The summed E-state index contributed by atoms with van der Waals surface area (Å²) in [6, 6.07) is 5.72. The molecule has 0 aromatic heterocycles. The summed E-state index contributed by atoms with van der Waals surface area (Å²) in [6.45, 7) is 4.74. The van der Waals surface area contributed by atoms with Gasteiger partial charge in [-0.05, 0) is 31.5 Å². The van der Waals surface area contributed by atoms with Crippen molar-refractivity contribution >= 4 is 5.91 Å². The van der Waals surface area contributed by atoms with Crippen molar-refractivity contribution in [2.75, 3.05) is 6.54 Å². The number of alkyl halides is 3. The van der Waals surface area contributed by atoms with Gasteiger partial charge in [0.1, 0.15) is 5.75 Å². The number of carbonyl (C=O) groups excluding carboxylic acids is 1. The van der Waals surface area contributed by atoms with E-state index in [1.807, 2.05) is 13.8 Å². The number of amides is 1. The summed E-state index contributed by atoms with van der Waals surface area (Å²) < 4.78 is 39.7. The zero-order valence-corrected chi connectivity index (χ0v) is 12.0. The van der Waals surface area contributed by atoms with Gasteiger partial charge < -0.3 is 15.4 Å². The van der Waals surface area contributed by atoms with Crippen LogP contribution < -0.4 is 15.4 Å². The van der Waals surface area contributed by atoms with Gasteiger partial charge in [-0.15, -0.1) is 13.2 Å². The lowest BCUT2D eigenvalue weighted by molar-refractivity contribution is -0.274. The Labute approximate surface area is 121 Å². The highest BCUT2D eigenvalue weighted by Gasteiger charge is 2.30. The summed E-state index contributed by atoms with van der Waals surface area (Å²) in [7, 11) is 0. The molecule has 2 N–H and O–H groups in total. The first-order valence-corrected chi connectivity index (χ1v) is 6.61. The molecule has 0 atom stereocenters. The van der Waals surface area contributed by atoms with Crippen LogP contribution in [0.15, 0.2) is 24.3 Å². The fourth-order valence-corrected chi connectivity index (χ4v) is 1.64. The van der Waals surface area contributed by atoms with E-state index >= 15 is 0 Å². The summed E-state index contributed by atoms with van der Waals surface area (Å²) >= 11 is 0. The van der Waals surface area contributed by atoms with E-state index in [0.717, 1.165) is 5.56 Å². The standard InChI is InChI=1S/C14H19F3N2O2/c1-10(2)19-13(20)7-8-18-9-11-3-5-12(6-4-11)21-14(15,16)17/h3-6,10,18H,7-9H2,1-2H3,(H,19,20). The zero-order chi connectivity index (χ0) is 15.9. The number of carbonyl (C=O) groups is 1. The predicted octanol–water partition coefficient (Wildman–Crippen LogP) is 2.59. The summed E-state index contributed by atoms with van der Waals surface area (Å²) in [5.74, 6) is -0.283. The summed E-state index contributed by atoms with van der Waals surface area (Å²) in [5, 5.41) is 5.82. The molecule has 4 nitrogen and oxygen atoms in total.